The van der Waals surface area contributed by atoms with Gasteiger partial charge in [0.15, 0.2) is 0 Å². The topological polar surface area (TPSA) is 101 Å². The molecule has 1 fully saturated rings. The molecule has 1 aliphatic rings. The molecule has 0 saturated carbocycles. The molecule has 2 unspecified atom stereocenters. The average molecular weight is 354 g/mol. The van der Waals surface area contributed by atoms with Crippen molar-refractivity contribution >= 4 is 22.1 Å². The van der Waals surface area contributed by atoms with E-state index in [9.17, 15) is 22.6 Å². The van der Waals surface area contributed by atoms with Gasteiger partial charge in [0.1, 0.15) is 0 Å². The predicted molar refractivity (Wildman–Crippen MR) is 84.5 cm³/mol. The average Bonchev–Trinajstić information content (AvgIpc) is 2.77. The van der Waals surface area contributed by atoms with Gasteiger partial charge in [-0.2, -0.15) is 0 Å². The molecule has 24 heavy (non-hydrogen) atoms. The van der Waals surface area contributed by atoms with Gasteiger partial charge in [-0.1, -0.05) is 58.3 Å². The van der Waals surface area contributed by atoms with E-state index in [2.05, 4.69) is 11.7 Å². The fraction of sp³-hybridized carbons (Fsp3) is 0.875. The van der Waals surface area contributed by atoms with Crippen LogP contribution in [-0.4, -0.2) is 30.2 Å². The molecule has 1 heterocycles. The van der Waals surface area contributed by atoms with Crippen LogP contribution >= 0.6 is 0 Å². The Labute approximate surface area is 157 Å². The Kier molecular flexibility index (Phi) is 11.9. The standard InChI is InChI=1S/C16H28O6S.Li/c1-2-3-4-5-6-7-8-9-10-14(23(19,20)21)11-13-12-15(17)22-16(13)18;/h13-14H,2-12H2,1H3,(H,19,20,21);/q;+1/p-1. The number of ether oxygens (including phenoxy) is 1. The van der Waals surface area contributed by atoms with Crippen molar-refractivity contribution in [1.82, 2.24) is 0 Å². The zero-order valence-electron chi connectivity index (χ0n) is 14.8. The maximum Gasteiger partial charge on any atom is 1.00 e. The van der Waals surface area contributed by atoms with Crippen LogP contribution in [0.2, 0.25) is 0 Å². The first-order chi connectivity index (χ1) is 10.8. The van der Waals surface area contributed by atoms with Crippen molar-refractivity contribution in [3.05, 3.63) is 0 Å². The van der Waals surface area contributed by atoms with Gasteiger partial charge in [0.05, 0.1) is 27.7 Å². The quantitative estimate of drug-likeness (QED) is 0.160. The molecule has 0 amide bonds. The number of hydrogen-bond acceptors (Lipinski definition) is 6. The molecule has 0 N–H and O–H groups in total. The van der Waals surface area contributed by atoms with E-state index in [1.54, 1.807) is 0 Å². The fourth-order valence-corrected chi connectivity index (χ4v) is 3.83. The Morgan fingerprint density at radius 2 is 1.62 bits per heavy atom. The molecule has 1 rings (SSSR count). The van der Waals surface area contributed by atoms with E-state index < -0.39 is 33.2 Å². The van der Waals surface area contributed by atoms with Crippen molar-refractivity contribution in [1.29, 1.82) is 0 Å². The van der Waals surface area contributed by atoms with Crippen LogP contribution in [0, 0.1) is 5.92 Å². The summed E-state index contributed by atoms with van der Waals surface area (Å²) >= 11 is 0. The van der Waals surface area contributed by atoms with Crippen LogP contribution in [0.1, 0.15) is 77.6 Å². The molecule has 0 radical (unpaired) electrons. The second kappa shape index (κ2) is 12.1. The molecular weight excluding hydrogens is 327 g/mol. The van der Waals surface area contributed by atoms with Crippen LogP contribution in [-0.2, 0) is 24.4 Å². The van der Waals surface area contributed by atoms with Gasteiger partial charge in [0.2, 0.25) is 0 Å². The molecule has 8 heteroatoms. The summed E-state index contributed by atoms with van der Waals surface area (Å²) in [5.74, 6) is -2.14. The Hall–Kier alpha value is -0.353. The number of cyclic esters (lactones) is 2. The second-order valence-corrected chi connectivity index (χ2v) is 7.96. The van der Waals surface area contributed by atoms with E-state index in [0.717, 1.165) is 19.3 Å². The van der Waals surface area contributed by atoms with Crippen molar-refractivity contribution in [3.63, 3.8) is 0 Å². The Morgan fingerprint density at radius 3 is 2.08 bits per heavy atom. The van der Waals surface area contributed by atoms with Gasteiger partial charge in [-0.05, 0) is 12.8 Å². The molecular formula is C16H27LiO6S. The van der Waals surface area contributed by atoms with Gasteiger partial charge >= 0.3 is 30.8 Å². The zero-order chi connectivity index (χ0) is 17.3. The summed E-state index contributed by atoms with van der Waals surface area (Å²) in [6.07, 6.45) is 8.56. The maximum atomic E-state index is 11.4. The van der Waals surface area contributed by atoms with Gasteiger partial charge < -0.3 is 9.29 Å². The van der Waals surface area contributed by atoms with Gasteiger partial charge in [0.25, 0.3) is 0 Å². The van der Waals surface area contributed by atoms with Gasteiger partial charge in [-0.15, -0.1) is 0 Å². The molecule has 0 bridgehead atoms. The number of carbonyl (C=O) groups is 2. The minimum absolute atomic E-state index is 0. The van der Waals surface area contributed by atoms with E-state index in [-0.39, 0.29) is 38.1 Å². The van der Waals surface area contributed by atoms with Crippen molar-refractivity contribution < 1.29 is 46.2 Å². The van der Waals surface area contributed by atoms with Crippen LogP contribution in [0.3, 0.4) is 0 Å². The van der Waals surface area contributed by atoms with Crippen LogP contribution in [0.4, 0.5) is 0 Å². The van der Waals surface area contributed by atoms with Crippen molar-refractivity contribution in [2.75, 3.05) is 0 Å². The van der Waals surface area contributed by atoms with Crippen molar-refractivity contribution in [2.45, 2.75) is 82.8 Å². The first kappa shape index (κ1) is 23.6. The Bertz CT molecular complexity index is 491. The molecule has 1 aliphatic heterocycles. The number of unbranched alkanes of at least 4 members (excludes halogenated alkanes) is 7. The van der Waals surface area contributed by atoms with E-state index in [1.165, 1.54) is 25.7 Å². The van der Waals surface area contributed by atoms with Crippen LogP contribution in [0.25, 0.3) is 0 Å². The molecule has 134 valence electrons. The number of rotatable bonds is 12. The van der Waals surface area contributed by atoms with Gasteiger partial charge in [0, 0.05) is 0 Å². The summed E-state index contributed by atoms with van der Waals surface area (Å²) in [6.45, 7) is 2.16. The summed E-state index contributed by atoms with van der Waals surface area (Å²) in [6, 6.07) is 0. The van der Waals surface area contributed by atoms with Crippen LogP contribution in [0.15, 0.2) is 0 Å². The molecule has 0 aromatic rings. The Balaban J connectivity index is 0.00000529. The minimum atomic E-state index is -4.47. The third-order valence-corrected chi connectivity index (χ3v) is 5.54. The summed E-state index contributed by atoms with van der Waals surface area (Å²) in [5, 5.41) is -1.11. The van der Waals surface area contributed by atoms with E-state index in [4.69, 9.17) is 0 Å². The molecule has 1 saturated heterocycles. The molecule has 0 aliphatic carbocycles. The first-order valence-corrected chi connectivity index (χ1v) is 10.0. The molecule has 0 spiro atoms. The fourth-order valence-electron chi connectivity index (χ4n) is 2.90. The number of carbonyl (C=O) groups excluding carboxylic acids is 2. The Morgan fingerprint density at radius 1 is 1.08 bits per heavy atom. The normalized spacial score (nSPS) is 19.0. The predicted octanol–water partition coefficient (Wildman–Crippen LogP) is -0.0852. The molecule has 0 aromatic carbocycles. The summed E-state index contributed by atoms with van der Waals surface area (Å²) in [4.78, 5) is 22.4. The van der Waals surface area contributed by atoms with Crippen LogP contribution in [0.5, 0.6) is 0 Å². The molecule has 2 atom stereocenters. The van der Waals surface area contributed by atoms with Crippen molar-refractivity contribution in [3.8, 4) is 0 Å². The largest absolute Gasteiger partial charge is 1.00 e. The van der Waals surface area contributed by atoms with Crippen molar-refractivity contribution in [2.24, 2.45) is 5.92 Å². The van der Waals surface area contributed by atoms with Gasteiger partial charge in [-0.3, -0.25) is 9.59 Å². The van der Waals surface area contributed by atoms with Gasteiger partial charge in [-0.25, -0.2) is 8.42 Å². The van der Waals surface area contributed by atoms with E-state index in [0.29, 0.717) is 6.42 Å². The summed E-state index contributed by atoms with van der Waals surface area (Å²) in [7, 11) is -4.47. The first-order valence-electron chi connectivity index (χ1n) is 8.53. The third-order valence-electron chi connectivity index (χ3n) is 4.30. The zero-order valence-corrected chi connectivity index (χ0v) is 15.6. The SMILES string of the molecule is CCCCCCCCCCC(CC1CC(=O)OC1=O)S(=O)(=O)[O-].[Li+]. The monoisotopic (exact) mass is 354 g/mol. The maximum absolute atomic E-state index is 11.4. The summed E-state index contributed by atoms with van der Waals surface area (Å²) < 4.78 is 38.5. The van der Waals surface area contributed by atoms with Crippen LogP contribution < -0.4 is 18.9 Å². The smallest absolute Gasteiger partial charge is 0.748 e. The second-order valence-electron chi connectivity index (χ2n) is 6.31. The number of esters is 2. The van der Waals surface area contributed by atoms with E-state index in [1.807, 2.05) is 0 Å². The molecule has 0 aromatic heterocycles. The minimum Gasteiger partial charge on any atom is -0.748 e. The third kappa shape index (κ3) is 9.21. The van der Waals surface area contributed by atoms with E-state index >= 15 is 0 Å². The number of hydrogen-bond donors (Lipinski definition) is 0. The summed E-state index contributed by atoms with van der Waals surface area (Å²) in [5.41, 5.74) is 0. The molecule has 6 nitrogen and oxygen atoms in total.